The first-order valence-electron chi connectivity index (χ1n) is 7.90. The highest BCUT2D eigenvalue weighted by Gasteiger charge is 2.23. The molecule has 4 heteroatoms. The van der Waals surface area contributed by atoms with Gasteiger partial charge in [0.25, 0.3) is 5.91 Å². The van der Waals surface area contributed by atoms with Gasteiger partial charge in [-0.2, -0.15) is 0 Å². The van der Waals surface area contributed by atoms with E-state index in [1.165, 1.54) is 17.4 Å². The van der Waals surface area contributed by atoms with Gasteiger partial charge in [-0.1, -0.05) is 31.2 Å². The zero-order valence-electron chi connectivity index (χ0n) is 12.9. The standard InChI is InChI=1S/C18H22N2O2/c1-2-16(12-19-18(21)17-8-5-11-22-17)20-10-9-14-6-3-4-7-15(14)13-20/h3-8,11,16H,2,9-10,12-13H2,1H3,(H,19,21)/t16-/m0/s1. The van der Waals surface area contributed by atoms with E-state index in [1.54, 1.807) is 12.1 Å². The summed E-state index contributed by atoms with van der Waals surface area (Å²) in [6, 6.07) is 12.4. The first-order chi connectivity index (χ1) is 10.8. The molecule has 3 rings (SSSR count). The van der Waals surface area contributed by atoms with Crippen molar-refractivity contribution in [1.82, 2.24) is 10.2 Å². The average Bonchev–Trinajstić information content (AvgIpc) is 3.09. The Hall–Kier alpha value is -2.07. The lowest BCUT2D eigenvalue weighted by Crippen LogP contribution is -2.45. The summed E-state index contributed by atoms with van der Waals surface area (Å²) in [6.45, 7) is 4.83. The van der Waals surface area contributed by atoms with Crippen LogP contribution < -0.4 is 5.32 Å². The van der Waals surface area contributed by atoms with Gasteiger partial charge in [-0.25, -0.2) is 0 Å². The molecule has 22 heavy (non-hydrogen) atoms. The van der Waals surface area contributed by atoms with E-state index in [0.29, 0.717) is 18.3 Å². The number of nitrogens with one attached hydrogen (secondary N) is 1. The smallest absolute Gasteiger partial charge is 0.287 e. The topological polar surface area (TPSA) is 45.5 Å². The fourth-order valence-corrected chi connectivity index (χ4v) is 3.07. The molecule has 0 saturated carbocycles. The highest BCUT2D eigenvalue weighted by Crippen LogP contribution is 2.21. The Balaban J connectivity index is 1.59. The van der Waals surface area contributed by atoms with Gasteiger partial charge in [-0.05, 0) is 36.1 Å². The number of nitrogens with zero attached hydrogens (tertiary/aromatic N) is 1. The Morgan fingerprint density at radius 3 is 2.82 bits per heavy atom. The van der Waals surface area contributed by atoms with Crippen molar-refractivity contribution in [3.63, 3.8) is 0 Å². The Labute approximate surface area is 131 Å². The molecular formula is C18H22N2O2. The van der Waals surface area contributed by atoms with Crippen LogP contribution in [0.4, 0.5) is 0 Å². The van der Waals surface area contributed by atoms with Crippen LogP contribution in [0.5, 0.6) is 0 Å². The van der Waals surface area contributed by atoms with E-state index in [2.05, 4.69) is 41.4 Å². The highest BCUT2D eigenvalue weighted by atomic mass is 16.3. The summed E-state index contributed by atoms with van der Waals surface area (Å²) in [5.41, 5.74) is 2.86. The third-order valence-corrected chi connectivity index (χ3v) is 4.39. The van der Waals surface area contributed by atoms with E-state index in [1.807, 2.05) is 0 Å². The molecule has 2 aromatic rings. The predicted molar refractivity (Wildman–Crippen MR) is 85.7 cm³/mol. The molecule has 0 fully saturated rings. The first kappa shape index (κ1) is 14.9. The molecular weight excluding hydrogens is 276 g/mol. The molecule has 0 unspecified atom stereocenters. The summed E-state index contributed by atoms with van der Waals surface area (Å²) in [7, 11) is 0. The van der Waals surface area contributed by atoms with Crippen molar-refractivity contribution in [2.24, 2.45) is 0 Å². The Bertz CT molecular complexity index is 622. The summed E-state index contributed by atoms with van der Waals surface area (Å²) >= 11 is 0. The second kappa shape index (κ2) is 6.79. The lowest BCUT2D eigenvalue weighted by atomic mass is 9.98. The summed E-state index contributed by atoms with van der Waals surface area (Å²) in [5, 5.41) is 2.98. The molecule has 4 nitrogen and oxygen atoms in total. The van der Waals surface area contributed by atoms with Crippen LogP contribution in [-0.4, -0.2) is 29.9 Å². The summed E-state index contributed by atoms with van der Waals surface area (Å²) in [6.07, 6.45) is 3.62. The molecule has 1 N–H and O–H groups in total. The summed E-state index contributed by atoms with van der Waals surface area (Å²) < 4.78 is 5.13. The predicted octanol–water partition coefficient (Wildman–Crippen LogP) is 2.85. The highest BCUT2D eigenvalue weighted by molar-refractivity contribution is 5.91. The molecule has 1 aromatic carbocycles. The van der Waals surface area contributed by atoms with Gasteiger partial charge in [-0.3, -0.25) is 9.69 Å². The van der Waals surface area contributed by atoms with Crippen LogP contribution in [0.1, 0.15) is 35.0 Å². The molecule has 116 valence electrons. The van der Waals surface area contributed by atoms with Crippen LogP contribution in [0.15, 0.2) is 47.1 Å². The van der Waals surface area contributed by atoms with E-state index < -0.39 is 0 Å². The van der Waals surface area contributed by atoms with Gasteiger partial charge in [0.05, 0.1) is 6.26 Å². The fourth-order valence-electron chi connectivity index (χ4n) is 3.07. The van der Waals surface area contributed by atoms with Crippen LogP contribution in [0.3, 0.4) is 0 Å². The third-order valence-electron chi connectivity index (χ3n) is 4.39. The van der Waals surface area contributed by atoms with Crippen molar-refractivity contribution < 1.29 is 9.21 Å². The van der Waals surface area contributed by atoms with Gasteiger partial charge in [0.2, 0.25) is 0 Å². The molecule has 2 heterocycles. The number of hydrogen-bond donors (Lipinski definition) is 1. The van der Waals surface area contributed by atoms with Gasteiger partial charge in [0.1, 0.15) is 0 Å². The van der Waals surface area contributed by atoms with E-state index in [0.717, 1.165) is 25.9 Å². The number of furan rings is 1. The second-order valence-corrected chi connectivity index (χ2v) is 5.74. The number of fused-ring (bicyclic) bond motifs is 1. The SMILES string of the molecule is CC[C@@H](CNC(=O)c1ccco1)N1CCc2ccccc2C1. The summed E-state index contributed by atoms with van der Waals surface area (Å²) in [5.74, 6) is 0.236. The van der Waals surface area contributed by atoms with Crippen LogP contribution >= 0.6 is 0 Å². The molecule has 1 aliphatic heterocycles. The Kier molecular flexibility index (Phi) is 4.59. The lowest BCUT2D eigenvalue weighted by Gasteiger charge is -2.35. The first-order valence-corrected chi connectivity index (χ1v) is 7.90. The van der Waals surface area contributed by atoms with Crippen LogP contribution in [0.2, 0.25) is 0 Å². The average molecular weight is 298 g/mol. The van der Waals surface area contributed by atoms with Crippen molar-refractivity contribution >= 4 is 5.91 Å². The van der Waals surface area contributed by atoms with Gasteiger partial charge < -0.3 is 9.73 Å². The molecule has 0 aliphatic carbocycles. The van der Waals surface area contributed by atoms with Crippen molar-refractivity contribution in [3.8, 4) is 0 Å². The minimum atomic E-state index is -0.138. The zero-order chi connectivity index (χ0) is 15.4. The van der Waals surface area contributed by atoms with Gasteiger partial charge in [0.15, 0.2) is 5.76 Å². The molecule has 1 aliphatic rings. The van der Waals surface area contributed by atoms with E-state index >= 15 is 0 Å². The molecule has 1 atom stereocenters. The van der Waals surface area contributed by atoms with Crippen LogP contribution in [0.25, 0.3) is 0 Å². The number of amides is 1. The number of hydrogen-bond acceptors (Lipinski definition) is 3. The molecule has 0 spiro atoms. The number of carbonyl (C=O) groups excluding carboxylic acids is 1. The third kappa shape index (κ3) is 3.22. The van der Waals surface area contributed by atoms with E-state index in [4.69, 9.17) is 4.42 Å². The number of carbonyl (C=O) groups is 1. The minimum absolute atomic E-state index is 0.138. The van der Waals surface area contributed by atoms with Crippen molar-refractivity contribution in [2.75, 3.05) is 13.1 Å². The lowest BCUT2D eigenvalue weighted by molar-refractivity contribution is 0.0899. The van der Waals surface area contributed by atoms with Gasteiger partial charge >= 0.3 is 0 Å². The van der Waals surface area contributed by atoms with Gasteiger partial charge in [-0.15, -0.1) is 0 Å². The zero-order valence-corrected chi connectivity index (χ0v) is 12.9. The van der Waals surface area contributed by atoms with Crippen LogP contribution in [0, 0.1) is 0 Å². The number of rotatable bonds is 5. The molecule has 0 radical (unpaired) electrons. The maximum Gasteiger partial charge on any atom is 0.287 e. The number of benzene rings is 1. The summed E-state index contributed by atoms with van der Waals surface area (Å²) in [4.78, 5) is 14.4. The largest absolute Gasteiger partial charge is 0.459 e. The molecule has 0 saturated heterocycles. The Morgan fingerprint density at radius 1 is 1.27 bits per heavy atom. The molecule has 1 aromatic heterocycles. The van der Waals surface area contributed by atoms with Crippen molar-refractivity contribution in [1.29, 1.82) is 0 Å². The van der Waals surface area contributed by atoms with Crippen LogP contribution in [-0.2, 0) is 13.0 Å². The molecule has 0 bridgehead atoms. The van der Waals surface area contributed by atoms with Crippen molar-refractivity contribution in [2.45, 2.75) is 32.4 Å². The monoisotopic (exact) mass is 298 g/mol. The second-order valence-electron chi connectivity index (χ2n) is 5.74. The van der Waals surface area contributed by atoms with Crippen molar-refractivity contribution in [3.05, 3.63) is 59.5 Å². The molecule has 1 amide bonds. The van der Waals surface area contributed by atoms with E-state index in [-0.39, 0.29) is 5.91 Å². The Morgan fingerprint density at radius 2 is 2.09 bits per heavy atom. The van der Waals surface area contributed by atoms with Gasteiger partial charge in [0, 0.05) is 25.7 Å². The maximum absolute atomic E-state index is 12.0. The maximum atomic E-state index is 12.0. The quantitative estimate of drug-likeness (QED) is 0.923. The van der Waals surface area contributed by atoms with E-state index in [9.17, 15) is 4.79 Å². The minimum Gasteiger partial charge on any atom is -0.459 e. The normalized spacial score (nSPS) is 16.0. The fraction of sp³-hybridized carbons (Fsp3) is 0.389.